The maximum atomic E-state index is 13.6. The summed E-state index contributed by atoms with van der Waals surface area (Å²) >= 11 is 0. The molecule has 0 saturated carbocycles. The predicted octanol–water partition coefficient (Wildman–Crippen LogP) is 2.38. The fourth-order valence-corrected chi connectivity index (χ4v) is 1.72. The van der Waals surface area contributed by atoms with Gasteiger partial charge in [-0.1, -0.05) is 18.2 Å². The molecule has 0 saturated heterocycles. The number of amides is 1. The van der Waals surface area contributed by atoms with Crippen LogP contribution in [-0.4, -0.2) is 11.0 Å². The number of phenols is 1. The lowest BCUT2D eigenvalue weighted by Crippen LogP contribution is -2.14. The van der Waals surface area contributed by atoms with Crippen molar-refractivity contribution in [3.8, 4) is 5.75 Å². The van der Waals surface area contributed by atoms with Crippen LogP contribution in [0.25, 0.3) is 0 Å². The summed E-state index contributed by atoms with van der Waals surface area (Å²) in [7, 11) is 0. The third-order valence-corrected chi connectivity index (χ3v) is 2.78. The summed E-state index contributed by atoms with van der Waals surface area (Å²) in [5.41, 5.74) is 5.07. The van der Waals surface area contributed by atoms with Crippen LogP contribution in [0, 0.1) is 11.6 Å². The summed E-state index contributed by atoms with van der Waals surface area (Å²) in [6, 6.07) is 8.11. The maximum Gasteiger partial charge on any atom is 0.251 e. The molecule has 4 N–H and O–H groups in total. The Morgan fingerprint density at radius 1 is 1.20 bits per heavy atom. The van der Waals surface area contributed by atoms with Crippen LogP contribution in [0.3, 0.4) is 0 Å². The van der Waals surface area contributed by atoms with Gasteiger partial charge >= 0.3 is 0 Å². The molecule has 0 aliphatic heterocycles. The van der Waals surface area contributed by atoms with Gasteiger partial charge in [-0.25, -0.2) is 8.78 Å². The zero-order valence-electron chi connectivity index (χ0n) is 10.4. The highest BCUT2D eigenvalue weighted by Crippen LogP contribution is 2.22. The van der Waals surface area contributed by atoms with E-state index in [0.29, 0.717) is 11.6 Å². The summed E-state index contributed by atoms with van der Waals surface area (Å²) in [5, 5.41) is 12.3. The molecule has 0 heterocycles. The Morgan fingerprint density at radius 2 is 1.90 bits per heavy atom. The molecule has 0 atom stereocenters. The lowest BCUT2D eigenvalue weighted by atomic mass is 10.1. The number of carbonyl (C=O) groups is 1. The second kappa shape index (κ2) is 5.56. The Morgan fingerprint density at radius 3 is 2.55 bits per heavy atom. The van der Waals surface area contributed by atoms with Gasteiger partial charge in [-0.3, -0.25) is 4.79 Å². The first-order valence-electron chi connectivity index (χ1n) is 5.78. The maximum absolute atomic E-state index is 13.6. The standard InChI is InChI=1S/C14H12F2N2O2/c15-10-6-11(16)12(5-9(10)14(17)20)18-7-8-3-1-2-4-13(8)19/h1-6,18-19H,7H2,(H2,17,20). The number of carbonyl (C=O) groups excluding carboxylic acids is 1. The molecule has 0 aliphatic rings. The fourth-order valence-electron chi connectivity index (χ4n) is 1.72. The molecule has 2 aromatic rings. The Kier molecular flexibility index (Phi) is 3.84. The Labute approximate surface area is 113 Å². The molecule has 0 radical (unpaired) electrons. The number of aromatic hydroxyl groups is 1. The number of phenolic OH excluding ortho intramolecular Hbond substituents is 1. The van der Waals surface area contributed by atoms with Crippen molar-refractivity contribution in [2.24, 2.45) is 5.73 Å². The van der Waals surface area contributed by atoms with Gasteiger partial charge in [0.15, 0.2) is 0 Å². The monoisotopic (exact) mass is 278 g/mol. The summed E-state index contributed by atoms with van der Waals surface area (Å²) in [4.78, 5) is 11.0. The highest BCUT2D eigenvalue weighted by atomic mass is 19.1. The molecule has 2 rings (SSSR count). The van der Waals surface area contributed by atoms with E-state index in [1.807, 2.05) is 0 Å². The number of rotatable bonds is 4. The summed E-state index contributed by atoms with van der Waals surface area (Å²) in [5.74, 6) is -2.78. The third-order valence-electron chi connectivity index (χ3n) is 2.78. The van der Waals surface area contributed by atoms with E-state index in [1.54, 1.807) is 18.2 Å². The summed E-state index contributed by atoms with van der Waals surface area (Å²) in [6.45, 7) is 0.118. The van der Waals surface area contributed by atoms with Crippen LogP contribution in [-0.2, 0) is 6.54 Å². The van der Waals surface area contributed by atoms with Crippen molar-refractivity contribution in [2.75, 3.05) is 5.32 Å². The highest BCUT2D eigenvalue weighted by molar-refractivity contribution is 5.94. The summed E-state index contributed by atoms with van der Waals surface area (Å²) < 4.78 is 26.9. The van der Waals surface area contributed by atoms with E-state index in [-0.39, 0.29) is 18.0 Å². The number of para-hydroxylation sites is 1. The van der Waals surface area contributed by atoms with Crippen molar-refractivity contribution in [3.05, 3.63) is 59.2 Å². The zero-order valence-corrected chi connectivity index (χ0v) is 10.4. The van der Waals surface area contributed by atoms with Crippen molar-refractivity contribution in [1.29, 1.82) is 0 Å². The van der Waals surface area contributed by atoms with Crippen molar-refractivity contribution in [1.82, 2.24) is 0 Å². The first-order chi connectivity index (χ1) is 9.49. The first kappa shape index (κ1) is 13.8. The van der Waals surface area contributed by atoms with Crippen molar-refractivity contribution in [3.63, 3.8) is 0 Å². The van der Waals surface area contributed by atoms with Crippen LogP contribution in [0.1, 0.15) is 15.9 Å². The number of hydrogen-bond donors (Lipinski definition) is 3. The number of hydrogen-bond acceptors (Lipinski definition) is 3. The molecular formula is C14H12F2N2O2. The van der Waals surface area contributed by atoms with Gasteiger partial charge < -0.3 is 16.2 Å². The lowest BCUT2D eigenvalue weighted by Gasteiger charge is -2.10. The Balaban J connectivity index is 2.24. The minimum Gasteiger partial charge on any atom is -0.508 e. The molecule has 20 heavy (non-hydrogen) atoms. The van der Waals surface area contributed by atoms with Crippen molar-refractivity contribution < 1.29 is 18.7 Å². The topological polar surface area (TPSA) is 75.4 Å². The smallest absolute Gasteiger partial charge is 0.251 e. The number of nitrogens with one attached hydrogen (secondary N) is 1. The second-order valence-electron chi connectivity index (χ2n) is 4.16. The molecule has 0 spiro atoms. The molecule has 0 bridgehead atoms. The van der Waals surface area contributed by atoms with Crippen molar-refractivity contribution in [2.45, 2.75) is 6.54 Å². The van der Waals surface area contributed by atoms with E-state index in [9.17, 15) is 18.7 Å². The normalized spacial score (nSPS) is 10.3. The Hall–Kier alpha value is -2.63. The number of anilines is 1. The highest BCUT2D eigenvalue weighted by Gasteiger charge is 2.13. The molecule has 1 amide bonds. The van der Waals surface area contributed by atoms with Gasteiger partial charge in [0.2, 0.25) is 0 Å². The molecular weight excluding hydrogens is 266 g/mol. The number of benzene rings is 2. The second-order valence-corrected chi connectivity index (χ2v) is 4.16. The molecule has 0 unspecified atom stereocenters. The average Bonchev–Trinajstić information content (AvgIpc) is 2.39. The van der Waals surface area contributed by atoms with E-state index < -0.39 is 23.1 Å². The van der Waals surface area contributed by atoms with Crippen LogP contribution >= 0.6 is 0 Å². The SMILES string of the molecule is NC(=O)c1cc(NCc2ccccc2O)c(F)cc1F. The van der Waals surface area contributed by atoms with Gasteiger partial charge in [-0.15, -0.1) is 0 Å². The zero-order chi connectivity index (χ0) is 14.7. The lowest BCUT2D eigenvalue weighted by molar-refractivity contribution is 0.0996. The number of primary amides is 1. The van der Waals surface area contributed by atoms with E-state index in [4.69, 9.17) is 5.73 Å². The molecule has 0 fully saturated rings. The Bertz CT molecular complexity index is 660. The van der Waals surface area contributed by atoms with Gasteiger partial charge in [0.1, 0.15) is 17.4 Å². The molecule has 0 aromatic heterocycles. The first-order valence-corrected chi connectivity index (χ1v) is 5.78. The van der Waals surface area contributed by atoms with Crippen LogP contribution in [0.5, 0.6) is 5.75 Å². The van der Waals surface area contributed by atoms with E-state index in [2.05, 4.69) is 5.32 Å². The van der Waals surface area contributed by atoms with Gasteiger partial charge in [0, 0.05) is 18.2 Å². The van der Waals surface area contributed by atoms with Gasteiger partial charge in [0.05, 0.1) is 11.3 Å². The number of halogens is 2. The van der Waals surface area contributed by atoms with Crippen LogP contribution < -0.4 is 11.1 Å². The molecule has 4 nitrogen and oxygen atoms in total. The van der Waals surface area contributed by atoms with Crippen molar-refractivity contribution >= 4 is 11.6 Å². The van der Waals surface area contributed by atoms with Crippen LogP contribution in [0.4, 0.5) is 14.5 Å². The van der Waals surface area contributed by atoms with E-state index in [1.165, 1.54) is 6.07 Å². The molecule has 2 aromatic carbocycles. The van der Waals surface area contributed by atoms with E-state index >= 15 is 0 Å². The fraction of sp³-hybridized carbons (Fsp3) is 0.0714. The average molecular weight is 278 g/mol. The van der Waals surface area contributed by atoms with Gasteiger partial charge in [-0.2, -0.15) is 0 Å². The van der Waals surface area contributed by atoms with Gasteiger partial charge in [-0.05, 0) is 12.1 Å². The molecule has 104 valence electrons. The minimum atomic E-state index is -1.01. The third kappa shape index (κ3) is 2.85. The predicted molar refractivity (Wildman–Crippen MR) is 70.3 cm³/mol. The molecule has 0 aliphatic carbocycles. The van der Waals surface area contributed by atoms with E-state index in [0.717, 1.165) is 6.07 Å². The minimum absolute atomic E-state index is 0.0534. The molecule has 6 heteroatoms. The van der Waals surface area contributed by atoms with Crippen LogP contribution in [0.2, 0.25) is 0 Å². The largest absolute Gasteiger partial charge is 0.508 e. The number of nitrogens with two attached hydrogens (primary N) is 1. The quantitative estimate of drug-likeness (QED) is 0.803. The summed E-state index contributed by atoms with van der Waals surface area (Å²) in [6.07, 6.45) is 0. The van der Waals surface area contributed by atoms with Gasteiger partial charge in [0.25, 0.3) is 5.91 Å². The van der Waals surface area contributed by atoms with Crippen LogP contribution in [0.15, 0.2) is 36.4 Å².